The zero-order valence-corrected chi connectivity index (χ0v) is 17.7. The third-order valence-electron chi connectivity index (χ3n) is 5.21. The number of carbonyl (C=O) groups excluding carboxylic acids is 1. The summed E-state index contributed by atoms with van der Waals surface area (Å²) in [6, 6.07) is 15.2. The van der Waals surface area contributed by atoms with E-state index in [0.29, 0.717) is 22.4 Å². The molecule has 0 N–H and O–H groups in total. The smallest absolute Gasteiger partial charge is 0.192 e. The maximum atomic E-state index is 12.6. The van der Waals surface area contributed by atoms with E-state index in [2.05, 4.69) is 14.8 Å². The maximum Gasteiger partial charge on any atom is 0.192 e. The van der Waals surface area contributed by atoms with Gasteiger partial charge in [0.1, 0.15) is 5.75 Å². The van der Waals surface area contributed by atoms with Gasteiger partial charge in [-0.3, -0.25) is 9.36 Å². The number of halogens is 1. The van der Waals surface area contributed by atoms with Crippen molar-refractivity contribution in [2.24, 2.45) is 0 Å². The molecule has 1 aliphatic carbocycles. The number of hydrogen-bond donors (Lipinski definition) is 0. The maximum absolute atomic E-state index is 12.6. The molecule has 0 bridgehead atoms. The first-order valence-electron chi connectivity index (χ1n) is 9.67. The second-order valence-corrected chi connectivity index (χ2v) is 8.38. The molecule has 0 spiro atoms. The topological polar surface area (TPSA) is 57.0 Å². The van der Waals surface area contributed by atoms with Crippen molar-refractivity contribution in [3.63, 3.8) is 0 Å². The van der Waals surface area contributed by atoms with Crippen LogP contribution in [0.1, 0.15) is 42.1 Å². The third kappa shape index (κ3) is 4.33. The molecule has 150 valence electrons. The minimum Gasteiger partial charge on any atom is -0.497 e. The lowest BCUT2D eigenvalue weighted by Gasteiger charge is -2.17. The molecule has 3 aromatic rings. The summed E-state index contributed by atoms with van der Waals surface area (Å²) in [7, 11) is 1.61. The van der Waals surface area contributed by atoms with Gasteiger partial charge >= 0.3 is 0 Å². The highest BCUT2D eigenvalue weighted by Gasteiger charge is 2.26. The van der Waals surface area contributed by atoms with E-state index in [9.17, 15) is 4.79 Å². The summed E-state index contributed by atoms with van der Waals surface area (Å²) in [5.74, 6) is 1.87. The Morgan fingerprint density at radius 2 is 1.86 bits per heavy atom. The molecule has 1 saturated carbocycles. The highest BCUT2D eigenvalue weighted by molar-refractivity contribution is 7.99. The molecule has 1 aliphatic rings. The fraction of sp³-hybridized carbons (Fsp3) is 0.318. The van der Waals surface area contributed by atoms with E-state index >= 15 is 0 Å². The Balaban J connectivity index is 1.58. The van der Waals surface area contributed by atoms with Gasteiger partial charge in [0.15, 0.2) is 16.8 Å². The van der Waals surface area contributed by atoms with Crippen molar-refractivity contribution >= 4 is 29.1 Å². The number of benzene rings is 2. The number of Topliss-reactive ketones (excluding diaryl/α,β-unsaturated/α-hetero) is 1. The molecule has 0 atom stereocenters. The summed E-state index contributed by atoms with van der Waals surface area (Å²) < 4.78 is 7.34. The summed E-state index contributed by atoms with van der Waals surface area (Å²) in [4.78, 5) is 12.6. The van der Waals surface area contributed by atoms with Crippen LogP contribution in [0.2, 0.25) is 5.02 Å². The van der Waals surface area contributed by atoms with Gasteiger partial charge in [-0.1, -0.05) is 48.3 Å². The Kier molecular flexibility index (Phi) is 6.21. The van der Waals surface area contributed by atoms with Crippen LogP contribution in [0.15, 0.2) is 53.7 Å². The number of thioether (sulfide) groups is 1. The van der Waals surface area contributed by atoms with Crippen molar-refractivity contribution in [3.05, 3.63) is 59.1 Å². The van der Waals surface area contributed by atoms with Gasteiger partial charge in [-0.05, 0) is 49.2 Å². The lowest BCUT2D eigenvalue weighted by molar-refractivity contribution is 0.102. The molecule has 0 saturated heterocycles. The van der Waals surface area contributed by atoms with Gasteiger partial charge < -0.3 is 4.74 Å². The molecule has 0 unspecified atom stereocenters. The van der Waals surface area contributed by atoms with Crippen LogP contribution in [0.25, 0.3) is 11.4 Å². The number of rotatable bonds is 7. The highest BCUT2D eigenvalue weighted by Crippen LogP contribution is 2.38. The first-order chi connectivity index (χ1) is 14.2. The van der Waals surface area contributed by atoms with E-state index in [0.717, 1.165) is 35.1 Å². The average molecular weight is 428 g/mol. The number of nitrogens with zero attached hydrogens (tertiary/aromatic N) is 3. The molecule has 1 aromatic heterocycles. The van der Waals surface area contributed by atoms with Gasteiger partial charge in [0.2, 0.25) is 0 Å². The van der Waals surface area contributed by atoms with Crippen LogP contribution in [-0.4, -0.2) is 33.4 Å². The van der Waals surface area contributed by atoms with E-state index in [-0.39, 0.29) is 5.78 Å². The number of methoxy groups -OCH3 is 1. The quantitative estimate of drug-likeness (QED) is 0.357. The lowest BCUT2D eigenvalue weighted by atomic mass is 10.1. The van der Waals surface area contributed by atoms with Crippen LogP contribution >= 0.6 is 23.4 Å². The van der Waals surface area contributed by atoms with Crippen molar-refractivity contribution in [2.75, 3.05) is 12.9 Å². The Hall–Kier alpha value is -2.31. The Bertz CT molecular complexity index is 998. The number of ether oxygens (including phenoxy) is 1. The molecule has 0 amide bonds. The van der Waals surface area contributed by atoms with E-state index in [1.54, 1.807) is 31.4 Å². The summed E-state index contributed by atoms with van der Waals surface area (Å²) in [5.41, 5.74) is 1.54. The number of ketones is 1. The molecule has 1 heterocycles. The molecule has 4 rings (SSSR count). The Labute approximate surface area is 179 Å². The first kappa shape index (κ1) is 20.0. The standard InChI is InChI=1S/C22H22ClN3O2S/c1-28-17-12-10-15(11-13-17)20(27)14-29-22-25-24-21(18-8-4-5-9-19(18)23)26(22)16-6-2-3-7-16/h4-5,8-13,16H,2-3,6-7,14H2,1H3. The van der Waals surface area contributed by atoms with Gasteiger partial charge in [0.25, 0.3) is 0 Å². The van der Waals surface area contributed by atoms with Gasteiger partial charge in [-0.25, -0.2) is 0 Å². The predicted octanol–water partition coefficient (Wildman–Crippen LogP) is 5.70. The van der Waals surface area contributed by atoms with E-state index < -0.39 is 0 Å². The van der Waals surface area contributed by atoms with Gasteiger partial charge in [0.05, 0.1) is 17.9 Å². The SMILES string of the molecule is COc1ccc(C(=O)CSc2nnc(-c3ccccc3Cl)n2C2CCCC2)cc1. The summed E-state index contributed by atoms with van der Waals surface area (Å²) >= 11 is 7.86. The summed E-state index contributed by atoms with van der Waals surface area (Å²) in [6.45, 7) is 0. The zero-order chi connectivity index (χ0) is 20.2. The van der Waals surface area contributed by atoms with Crippen molar-refractivity contribution in [1.82, 2.24) is 14.8 Å². The Morgan fingerprint density at radius 1 is 1.14 bits per heavy atom. The number of carbonyl (C=O) groups is 1. The van der Waals surface area contributed by atoms with Crippen molar-refractivity contribution in [2.45, 2.75) is 36.9 Å². The van der Waals surface area contributed by atoms with E-state index in [4.69, 9.17) is 16.3 Å². The molecular formula is C22H22ClN3O2S. The van der Waals surface area contributed by atoms with Gasteiger partial charge in [-0.2, -0.15) is 0 Å². The average Bonchev–Trinajstić information content (AvgIpc) is 3.42. The number of aromatic nitrogens is 3. The summed E-state index contributed by atoms with van der Waals surface area (Å²) in [5, 5.41) is 10.3. The minimum absolute atomic E-state index is 0.0536. The van der Waals surface area contributed by atoms with Crippen LogP contribution in [0.5, 0.6) is 5.75 Å². The van der Waals surface area contributed by atoms with Gasteiger partial charge in [0, 0.05) is 17.2 Å². The highest BCUT2D eigenvalue weighted by atomic mass is 35.5. The van der Waals surface area contributed by atoms with Crippen LogP contribution in [0, 0.1) is 0 Å². The zero-order valence-electron chi connectivity index (χ0n) is 16.2. The van der Waals surface area contributed by atoms with Crippen molar-refractivity contribution < 1.29 is 9.53 Å². The monoisotopic (exact) mass is 427 g/mol. The minimum atomic E-state index is 0.0536. The van der Waals surface area contributed by atoms with Crippen molar-refractivity contribution in [3.8, 4) is 17.1 Å². The van der Waals surface area contributed by atoms with Crippen LogP contribution in [0.3, 0.4) is 0 Å². The largest absolute Gasteiger partial charge is 0.497 e. The molecule has 5 nitrogen and oxygen atoms in total. The van der Waals surface area contributed by atoms with Gasteiger partial charge in [-0.15, -0.1) is 10.2 Å². The first-order valence-corrected chi connectivity index (χ1v) is 11.0. The van der Waals surface area contributed by atoms with Crippen LogP contribution < -0.4 is 4.74 Å². The van der Waals surface area contributed by atoms with E-state index in [1.165, 1.54) is 24.6 Å². The fourth-order valence-corrected chi connectivity index (χ4v) is 4.80. The normalized spacial score (nSPS) is 14.3. The molecule has 0 radical (unpaired) electrons. The lowest BCUT2D eigenvalue weighted by Crippen LogP contribution is -2.10. The molecule has 7 heteroatoms. The molecular weight excluding hydrogens is 406 g/mol. The molecule has 0 aliphatic heterocycles. The van der Waals surface area contributed by atoms with E-state index in [1.807, 2.05) is 24.3 Å². The second kappa shape index (κ2) is 9.01. The Morgan fingerprint density at radius 3 is 2.55 bits per heavy atom. The molecule has 29 heavy (non-hydrogen) atoms. The third-order valence-corrected chi connectivity index (χ3v) is 6.49. The fourth-order valence-electron chi connectivity index (χ4n) is 3.68. The van der Waals surface area contributed by atoms with Crippen LogP contribution in [-0.2, 0) is 0 Å². The second-order valence-electron chi connectivity index (χ2n) is 7.03. The predicted molar refractivity (Wildman–Crippen MR) is 116 cm³/mol. The number of hydrogen-bond acceptors (Lipinski definition) is 5. The molecule has 1 fully saturated rings. The molecule has 2 aromatic carbocycles. The van der Waals surface area contributed by atoms with Crippen molar-refractivity contribution in [1.29, 1.82) is 0 Å². The van der Waals surface area contributed by atoms with Crippen LogP contribution in [0.4, 0.5) is 0 Å². The summed E-state index contributed by atoms with van der Waals surface area (Å²) in [6.07, 6.45) is 4.57.